The first-order valence-corrected chi connectivity index (χ1v) is 9.65. The van der Waals surface area contributed by atoms with Gasteiger partial charge in [-0.2, -0.15) is 10.2 Å². The van der Waals surface area contributed by atoms with Gasteiger partial charge in [0.25, 0.3) is 0 Å². The summed E-state index contributed by atoms with van der Waals surface area (Å²) in [7, 11) is 0. The van der Waals surface area contributed by atoms with E-state index in [2.05, 4.69) is 54.1 Å². The molecule has 1 N–H and O–H groups in total. The summed E-state index contributed by atoms with van der Waals surface area (Å²) in [4.78, 5) is 13.4. The Bertz CT molecular complexity index is 1060. The molecule has 0 spiro atoms. The maximum absolute atomic E-state index is 11.2. The highest BCUT2D eigenvalue weighted by Crippen LogP contribution is 2.31. The van der Waals surface area contributed by atoms with E-state index < -0.39 is 5.97 Å². The number of nitrogens with zero attached hydrogens (tertiary/aromatic N) is 5. The zero-order valence-corrected chi connectivity index (χ0v) is 16.7. The number of rotatable bonds is 3. The molecule has 2 aromatic heterocycles. The van der Waals surface area contributed by atoms with Gasteiger partial charge in [-0.15, -0.1) is 5.10 Å². The third kappa shape index (κ3) is 3.00. The maximum Gasteiger partial charge on any atom is 0.306 e. The van der Waals surface area contributed by atoms with E-state index >= 15 is 0 Å². The van der Waals surface area contributed by atoms with Crippen LogP contribution in [0.4, 0.5) is 5.82 Å². The van der Waals surface area contributed by atoms with Crippen molar-refractivity contribution in [1.29, 1.82) is 0 Å². The van der Waals surface area contributed by atoms with Gasteiger partial charge in [-0.3, -0.25) is 4.79 Å². The second kappa shape index (κ2) is 6.89. The summed E-state index contributed by atoms with van der Waals surface area (Å²) in [5.74, 6) is -0.246. The van der Waals surface area contributed by atoms with Crippen molar-refractivity contribution in [2.24, 2.45) is 5.92 Å². The average Bonchev–Trinajstić information content (AvgIpc) is 3.03. The topological polar surface area (TPSA) is 84.1 Å². The molecule has 0 radical (unpaired) electrons. The van der Waals surface area contributed by atoms with Crippen LogP contribution in [0.3, 0.4) is 0 Å². The number of carboxylic acids is 1. The Morgan fingerprint density at radius 3 is 2.43 bits per heavy atom. The van der Waals surface area contributed by atoms with Crippen LogP contribution in [0.2, 0.25) is 0 Å². The quantitative estimate of drug-likeness (QED) is 0.751. The van der Waals surface area contributed by atoms with Gasteiger partial charge in [0.2, 0.25) is 0 Å². The lowest BCUT2D eigenvalue weighted by molar-refractivity contribution is -0.142. The van der Waals surface area contributed by atoms with E-state index in [0.717, 1.165) is 33.8 Å². The van der Waals surface area contributed by atoms with Crippen molar-refractivity contribution in [2.45, 2.75) is 40.5 Å². The Balaban J connectivity index is 1.79. The fraction of sp³-hybridized carbons (Fsp3) is 0.429. The first-order chi connectivity index (χ1) is 13.4. The van der Waals surface area contributed by atoms with Crippen molar-refractivity contribution in [2.75, 3.05) is 18.0 Å². The van der Waals surface area contributed by atoms with E-state index in [1.54, 1.807) is 0 Å². The van der Waals surface area contributed by atoms with Crippen molar-refractivity contribution in [3.63, 3.8) is 0 Å². The second-order valence-electron chi connectivity index (χ2n) is 7.70. The van der Waals surface area contributed by atoms with E-state index in [4.69, 9.17) is 5.10 Å². The molecule has 3 aromatic rings. The van der Waals surface area contributed by atoms with Crippen LogP contribution < -0.4 is 4.90 Å². The molecule has 7 nitrogen and oxygen atoms in total. The summed E-state index contributed by atoms with van der Waals surface area (Å²) in [6, 6.07) is 6.33. The van der Waals surface area contributed by atoms with E-state index in [1.807, 2.05) is 11.6 Å². The number of piperidine rings is 1. The van der Waals surface area contributed by atoms with E-state index in [1.165, 1.54) is 11.1 Å². The van der Waals surface area contributed by atoms with Gasteiger partial charge in [-0.25, -0.2) is 4.68 Å². The molecule has 3 heterocycles. The van der Waals surface area contributed by atoms with Crippen LogP contribution in [0.1, 0.15) is 35.4 Å². The summed E-state index contributed by atoms with van der Waals surface area (Å²) < 4.78 is 1.96. The molecule has 1 saturated heterocycles. The van der Waals surface area contributed by atoms with Crippen molar-refractivity contribution >= 4 is 22.7 Å². The minimum Gasteiger partial charge on any atom is -0.481 e. The van der Waals surface area contributed by atoms with Gasteiger partial charge < -0.3 is 10.0 Å². The van der Waals surface area contributed by atoms with Gasteiger partial charge in [-0.1, -0.05) is 6.07 Å². The number of fused-ring (bicyclic) bond motifs is 1. The molecule has 7 heteroatoms. The number of hydrogen-bond donors (Lipinski definition) is 1. The predicted octanol–water partition coefficient (Wildman–Crippen LogP) is 3.35. The maximum atomic E-state index is 11.2. The average molecular weight is 379 g/mol. The Morgan fingerprint density at radius 2 is 1.79 bits per heavy atom. The lowest BCUT2D eigenvalue weighted by Gasteiger charge is -2.30. The zero-order chi connectivity index (χ0) is 20.0. The molecule has 0 aliphatic carbocycles. The third-order valence-corrected chi connectivity index (χ3v) is 5.86. The van der Waals surface area contributed by atoms with Crippen LogP contribution in [0.25, 0.3) is 16.6 Å². The molecule has 1 aromatic carbocycles. The van der Waals surface area contributed by atoms with Gasteiger partial charge in [0, 0.05) is 13.1 Å². The van der Waals surface area contributed by atoms with Crippen molar-refractivity contribution in [1.82, 2.24) is 20.0 Å². The third-order valence-electron chi connectivity index (χ3n) is 5.86. The highest BCUT2D eigenvalue weighted by Gasteiger charge is 2.28. The first kappa shape index (κ1) is 18.4. The molecule has 1 fully saturated rings. The number of aromatic nitrogens is 4. The van der Waals surface area contributed by atoms with Gasteiger partial charge in [-0.05, 0) is 63.8 Å². The lowest BCUT2D eigenvalue weighted by atomic mass is 9.97. The Kier molecular flexibility index (Phi) is 4.53. The van der Waals surface area contributed by atoms with Gasteiger partial charge in [0.05, 0.1) is 28.4 Å². The molecule has 1 aliphatic rings. The van der Waals surface area contributed by atoms with Crippen LogP contribution in [0.5, 0.6) is 0 Å². The highest BCUT2D eigenvalue weighted by atomic mass is 16.4. The van der Waals surface area contributed by atoms with Gasteiger partial charge in [0.1, 0.15) is 5.52 Å². The summed E-state index contributed by atoms with van der Waals surface area (Å²) in [5.41, 5.74) is 6.21. The van der Waals surface area contributed by atoms with Gasteiger partial charge >= 0.3 is 5.97 Å². The Labute approximate surface area is 164 Å². The Hall–Kier alpha value is -2.96. The molecule has 146 valence electrons. The van der Waals surface area contributed by atoms with Crippen molar-refractivity contribution in [3.05, 3.63) is 40.7 Å². The fourth-order valence-electron chi connectivity index (χ4n) is 3.97. The van der Waals surface area contributed by atoms with Gasteiger partial charge in [0.15, 0.2) is 5.82 Å². The van der Waals surface area contributed by atoms with E-state index in [-0.39, 0.29) is 5.92 Å². The molecule has 1 aliphatic heterocycles. The molecule has 0 amide bonds. The van der Waals surface area contributed by atoms with E-state index in [0.29, 0.717) is 25.9 Å². The number of anilines is 1. The Morgan fingerprint density at radius 1 is 1.07 bits per heavy atom. The smallest absolute Gasteiger partial charge is 0.306 e. The summed E-state index contributed by atoms with van der Waals surface area (Å²) in [6.45, 7) is 9.51. The van der Waals surface area contributed by atoms with Crippen LogP contribution in [-0.2, 0) is 4.79 Å². The number of carbonyl (C=O) groups is 1. The number of carboxylic acid groups (broad SMARTS) is 1. The highest BCUT2D eigenvalue weighted by molar-refractivity contribution is 5.92. The minimum atomic E-state index is -0.713. The molecule has 0 unspecified atom stereocenters. The van der Waals surface area contributed by atoms with E-state index in [9.17, 15) is 9.90 Å². The molecule has 0 atom stereocenters. The molecular weight excluding hydrogens is 354 g/mol. The standard InChI is InChI=1S/C21H25N5O2/c1-12-5-6-17(11-13(12)2)26-15(4)18-14(3)22-23-20(19(18)24-26)25-9-7-16(8-10-25)21(27)28/h5-6,11,16H,7-10H2,1-4H3,(H,27,28). The fourth-order valence-corrected chi connectivity index (χ4v) is 3.97. The van der Waals surface area contributed by atoms with Crippen molar-refractivity contribution in [3.8, 4) is 5.69 Å². The van der Waals surface area contributed by atoms with Crippen LogP contribution in [0.15, 0.2) is 18.2 Å². The van der Waals surface area contributed by atoms with Crippen LogP contribution >= 0.6 is 0 Å². The molecule has 4 rings (SSSR count). The first-order valence-electron chi connectivity index (χ1n) is 9.65. The number of aryl methyl sites for hydroxylation is 4. The summed E-state index contributed by atoms with van der Waals surface area (Å²) in [5, 5.41) is 24.0. The largest absolute Gasteiger partial charge is 0.481 e. The number of hydrogen-bond acceptors (Lipinski definition) is 5. The monoisotopic (exact) mass is 379 g/mol. The summed E-state index contributed by atoms with van der Waals surface area (Å²) in [6.07, 6.45) is 1.23. The minimum absolute atomic E-state index is 0.278. The molecule has 0 bridgehead atoms. The number of aliphatic carboxylic acids is 1. The lowest BCUT2D eigenvalue weighted by Crippen LogP contribution is -2.37. The second-order valence-corrected chi connectivity index (χ2v) is 7.70. The zero-order valence-electron chi connectivity index (χ0n) is 16.7. The number of benzene rings is 1. The summed E-state index contributed by atoms with van der Waals surface area (Å²) >= 11 is 0. The SMILES string of the molecule is Cc1ccc(-n2nc3c(N4CCC(C(=O)O)CC4)nnc(C)c3c2C)cc1C. The molecular formula is C21H25N5O2. The normalized spacial score (nSPS) is 15.4. The van der Waals surface area contributed by atoms with Crippen LogP contribution in [0, 0.1) is 33.6 Å². The predicted molar refractivity (Wildman–Crippen MR) is 108 cm³/mol. The van der Waals surface area contributed by atoms with Crippen LogP contribution in [-0.4, -0.2) is 44.1 Å². The molecule has 28 heavy (non-hydrogen) atoms. The molecule has 0 saturated carbocycles. The van der Waals surface area contributed by atoms with Crippen molar-refractivity contribution < 1.29 is 9.90 Å².